The van der Waals surface area contributed by atoms with Crippen LogP contribution in [0.3, 0.4) is 0 Å². The maximum absolute atomic E-state index is 2.46. The second-order valence-corrected chi connectivity index (χ2v) is 16.8. The molecule has 61 heavy (non-hydrogen) atoms. The van der Waals surface area contributed by atoms with Crippen LogP contribution in [0.5, 0.6) is 0 Å². The molecule has 0 aliphatic heterocycles. The minimum atomic E-state index is 0.450. The van der Waals surface area contributed by atoms with Gasteiger partial charge in [-0.1, -0.05) is 188 Å². The van der Waals surface area contributed by atoms with Crippen molar-refractivity contribution in [2.45, 2.75) is 25.2 Å². The van der Waals surface area contributed by atoms with Crippen molar-refractivity contribution >= 4 is 43.4 Å². The van der Waals surface area contributed by atoms with Crippen LogP contribution in [0.1, 0.15) is 29.0 Å². The van der Waals surface area contributed by atoms with E-state index in [1.165, 1.54) is 110 Å². The lowest BCUT2D eigenvalue weighted by Gasteiger charge is -2.30. The van der Waals surface area contributed by atoms with Crippen molar-refractivity contribution in [3.8, 4) is 50.2 Å². The van der Waals surface area contributed by atoms with E-state index in [1.807, 2.05) is 0 Å². The number of hydrogen-bond donors (Lipinski definition) is 0. The van der Waals surface area contributed by atoms with Crippen molar-refractivity contribution in [3.05, 3.63) is 235 Å². The fourth-order valence-electron chi connectivity index (χ4n) is 10.3. The smallest absolute Gasteiger partial charge is 0.0619 e. The van der Waals surface area contributed by atoms with Crippen molar-refractivity contribution < 1.29 is 0 Å². The Morgan fingerprint density at radius 2 is 0.967 bits per heavy atom. The standard InChI is InChI=1S/C60H43N/c1-3-11-41(12-4-1)47-25-26-49-37-50(59-52-17-9-7-15-45(52)29-34-54(59)56(49)38-47)24-21-40-19-22-43(23-20-40)44-27-32-51(33-28-44)61-58-36-31-48(42-13-5-2-6-14-42)39-57(58)55-35-30-46-16-8-10-18-53(46)60(55)61/h1-20,22-23,25-36,38-39,50H,21,24,37H2. The van der Waals surface area contributed by atoms with Crippen molar-refractivity contribution in [3.63, 3.8) is 0 Å². The van der Waals surface area contributed by atoms with Crippen LogP contribution in [0.25, 0.3) is 93.5 Å². The highest BCUT2D eigenvalue weighted by Crippen LogP contribution is 2.46. The quantitative estimate of drug-likeness (QED) is 0.152. The Morgan fingerprint density at radius 1 is 0.393 bits per heavy atom. The van der Waals surface area contributed by atoms with Gasteiger partial charge in [-0.15, -0.1) is 0 Å². The van der Waals surface area contributed by atoms with Crippen LogP contribution in [0.4, 0.5) is 0 Å². The van der Waals surface area contributed by atoms with Crippen LogP contribution in [-0.2, 0) is 12.8 Å². The molecular formula is C60H43N. The Labute approximate surface area is 356 Å². The van der Waals surface area contributed by atoms with Crippen LogP contribution in [0.15, 0.2) is 218 Å². The van der Waals surface area contributed by atoms with E-state index in [0.29, 0.717) is 5.92 Å². The summed E-state index contributed by atoms with van der Waals surface area (Å²) in [6.45, 7) is 0. The van der Waals surface area contributed by atoms with Gasteiger partial charge in [0, 0.05) is 21.8 Å². The molecule has 288 valence electrons. The van der Waals surface area contributed by atoms with Gasteiger partial charge in [-0.05, 0) is 133 Å². The maximum Gasteiger partial charge on any atom is 0.0619 e. The SMILES string of the molecule is c1ccc(-c2ccc3c(c2)-c2ccc4ccccc4c2C(CCc2ccc(-c4ccc(-n5c6ccc(-c7ccccc7)cc6c6ccc7ccccc7c65)cc4)cc2)C3)cc1. The highest BCUT2D eigenvalue weighted by atomic mass is 15.0. The average molecular weight is 778 g/mol. The minimum Gasteiger partial charge on any atom is -0.309 e. The summed E-state index contributed by atoms with van der Waals surface area (Å²) < 4.78 is 2.46. The second kappa shape index (κ2) is 14.7. The first kappa shape index (κ1) is 35.5. The summed E-state index contributed by atoms with van der Waals surface area (Å²) in [5, 5.41) is 7.79. The molecule has 1 atom stereocenters. The highest BCUT2D eigenvalue weighted by Gasteiger charge is 2.27. The van der Waals surface area contributed by atoms with Crippen molar-refractivity contribution in [2.75, 3.05) is 0 Å². The third-order valence-corrected chi connectivity index (χ3v) is 13.3. The van der Waals surface area contributed by atoms with Gasteiger partial charge in [0.2, 0.25) is 0 Å². The van der Waals surface area contributed by atoms with Gasteiger partial charge in [-0.25, -0.2) is 0 Å². The fourth-order valence-corrected chi connectivity index (χ4v) is 10.3. The lowest BCUT2D eigenvalue weighted by atomic mass is 9.74. The van der Waals surface area contributed by atoms with Gasteiger partial charge in [0.25, 0.3) is 0 Å². The van der Waals surface area contributed by atoms with E-state index >= 15 is 0 Å². The summed E-state index contributed by atoms with van der Waals surface area (Å²) in [6.07, 6.45) is 3.21. The van der Waals surface area contributed by atoms with Crippen LogP contribution in [-0.4, -0.2) is 4.57 Å². The van der Waals surface area contributed by atoms with Crippen molar-refractivity contribution in [1.82, 2.24) is 4.57 Å². The Hall–Kier alpha value is -7.48. The van der Waals surface area contributed by atoms with Crippen LogP contribution >= 0.6 is 0 Å². The Balaban J connectivity index is 0.839. The van der Waals surface area contributed by atoms with Gasteiger partial charge in [0.1, 0.15) is 0 Å². The van der Waals surface area contributed by atoms with E-state index in [4.69, 9.17) is 0 Å². The summed E-state index contributed by atoms with van der Waals surface area (Å²) in [4.78, 5) is 0. The summed E-state index contributed by atoms with van der Waals surface area (Å²) in [6, 6.07) is 81.0. The summed E-state index contributed by atoms with van der Waals surface area (Å²) >= 11 is 0. The van der Waals surface area contributed by atoms with Gasteiger partial charge in [0.15, 0.2) is 0 Å². The van der Waals surface area contributed by atoms with Gasteiger partial charge in [-0.3, -0.25) is 0 Å². The zero-order chi connectivity index (χ0) is 40.3. The average Bonchev–Trinajstić information content (AvgIpc) is 3.68. The van der Waals surface area contributed by atoms with E-state index in [-0.39, 0.29) is 0 Å². The van der Waals surface area contributed by atoms with Gasteiger partial charge >= 0.3 is 0 Å². The fraction of sp³-hybridized carbons (Fsp3) is 0.0667. The van der Waals surface area contributed by atoms with E-state index in [9.17, 15) is 0 Å². The number of hydrogen-bond acceptors (Lipinski definition) is 0. The Bertz CT molecular complexity index is 3410. The molecule has 0 fully saturated rings. The zero-order valence-corrected chi connectivity index (χ0v) is 33.9. The van der Waals surface area contributed by atoms with E-state index in [0.717, 1.165) is 19.3 Å². The van der Waals surface area contributed by atoms with Gasteiger partial charge in [0.05, 0.1) is 11.0 Å². The molecule has 1 heteroatoms. The molecule has 1 aliphatic rings. The van der Waals surface area contributed by atoms with Crippen molar-refractivity contribution in [1.29, 1.82) is 0 Å². The van der Waals surface area contributed by atoms with Crippen LogP contribution < -0.4 is 0 Å². The predicted octanol–water partition coefficient (Wildman–Crippen LogP) is 16.0. The zero-order valence-electron chi connectivity index (χ0n) is 33.9. The lowest BCUT2D eigenvalue weighted by Crippen LogP contribution is -2.13. The highest BCUT2D eigenvalue weighted by molar-refractivity contribution is 6.19. The first-order valence-corrected chi connectivity index (χ1v) is 21.6. The molecule has 11 aromatic rings. The molecule has 0 bridgehead atoms. The molecule has 0 saturated carbocycles. The van der Waals surface area contributed by atoms with Crippen LogP contribution in [0, 0.1) is 0 Å². The normalized spacial score (nSPS) is 13.5. The lowest BCUT2D eigenvalue weighted by molar-refractivity contribution is 0.620. The molecular weight excluding hydrogens is 735 g/mol. The molecule has 1 aliphatic carbocycles. The maximum atomic E-state index is 2.46. The second-order valence-electron chi connectivity index (χ2n) is 16.8. The summed E-state index contributed by atoms with van der Waals surface area (Å²) in [5.41, 5.74) is 18.3. The topological polar surface area (TPSA) is 4.93 Å². The van der Waals surface area contributed by atoms with E-state index in [2.05, 4.69) is 223 Å². The molecule has 1 nitrogen and oxygen atoms in total. The monoisotopic (exact) mass is 777 g/mol. The number of aromatic nitrogens is 1. The summed E-state index contributed by atoms with van der Waals surface area (Å²) in [7, 11) is 0. The Kier molecular flexibility index (Phi) is 8.52. The molecule has 10 aromatic carbocycles. The molecule has 0 spiro atoms. The van der Waals surface area contributed by atoms with Gasteiger partial charge < -0.3 is 4.57 Å². The first-order valence-electron chi connectivity index (χ1n) is 21.6. The number of rotatable bonds is 7. The summed E-state index contributed by atoms with van der Waals surface area (Å²) in [5.74, 6) is 0.450. The largest absolute Gasteiger partial charge is 0.309 e. The minimum absolute atomic E-state index is 0.450. The first-order chi connectivity index (χ1) is 30.2. The molecule has 0 radical (unpaired) electrons. The van der Waals surface area contributed by atoms with Crippen molar-refractivity contribution in [2.24, 2.45) is 0 Å². The molecule has 0 saturated heterocycles. The molecule has 1 aromatic heterocycles. The number of fused-ring (bicyclic) bond motifs is 10. The predicted molar refractivity (Wildman–Crippen MR) is 259 cm³/mol. The molecule has 0 N–H and O–H groups in total. The molecule has 1 heterocycles. The Morgan fingerprint density at radius 3 is 1.70 bits per heavy atom. The van der Waals surface area contributed by atoms with E-state index < -0.39 is 0 Å². The van der Waals surface area contributed by atoms with E-state index in [1.54, 1.807) is 0 Å². The number of aryl methyl sites for hydroxylation is 1. The van der Waals surface area contributed by atoms with Crippen LogP contribution in [0.2, 0.25) is 0 Å². The molecule has 0 amide bonds. The third-order valence-electron chi connectivity index (χ3n) is 13.3. The number of nitrogens with zero attached hydrogens (tertiary/aromatic N) is 1. The third kappa shape index (κ3) is 6.16. The molecule has 12 rings (SSSR count). The molecule has 1 unspecified atom stereocenters. The van der Waals surface area contributed by atoms with Gasteiger partial charge in [-0.2, -0.15) is 0 Å². The number of benzene rings is 10.